The van der Waals surface area contributed by atoms with Gasteiger partial charge >= 0.3 is 0 Å². The van der Waals surface area contributed by atoms with E-state index in [1.54, 1.807) is 6.33 Å². The summed E-state index contributed by atoms with van der Waals surface area (Å²) in [7, 11) is 0. The zero-order valence-electron chi connectivity index (χ0n) is 14.7. The van der Waals surface area contributed by atoms with Crippen molar-refractivity contribution in [1.29, 1.82) is 0 Å². The quantitative estimate of drug-likeness (QED) is 0.632. The number of anilines is 2. The monoisotopic (exact) mass is 350 g/mol. The Morgan fingerprint density at radius 2 is 2.12 bits per heavy atom. The molecule has 1 aliphatic heterocycles. The molecule has 1 atom stereocenters. The van der Waals surface area contributed by atoms with Crippen molar-refractivity contribution in [2.75, 3.05) is 17.2 Å². The maximum absolute atomic E-state index is 5.72. The van der Waals surface area contributed by atoms with Gasteiger partial charge in [-0.05, 0) is 18.1 Å². The molecule has 0 bridgehead atoms. The van der Waals surface area contributed by atoms with E-state index in [0.29, 0.717) is 13.2 Å². The van der Waals surface area contributed by atoms with Gasteiger partial charge in [0.2, 0.25) is 0 Å². The first-order valence-corrected chi connectivity index (χ1v) is 8.88. The second-order valence-electron chi connectivity index (χ2n) is 6.24. The first-order valence-electron chi connectivity index (χ1n) is 8.88. The first-order chi connectivity index (χ1) is 12.8. The number of fused-ring (bicyclic) bond motifs is 1. The van der Waals surface area contributed by atoms with E-state index in [1.165, 1.54) is 5.56 Å². The molecule has 0 fully saturated rings. The number of H-pyrrole nitrogens is 1. The maximum Gasteiger partial charge on any atom is 0.131 e. The Bertz CT molecular complexity index is 878. The zero-order chi connectivity index (χ0) is 17.8. The molecule has 1 unspecified atom stereocenters. The molecule has 0 spiro atoms. The molecule has 1 aliphatic rings. The number of aromatic nitrogens is 4. The van der Waals surface area contributed by atoms with Crippen LogP contribution in [0.2, 0.25) is 0 Å². The predicted octanol–water partition coefficient (Wildman–Crippen LogP) is 3.31. The van der Waals surface area contributed by atoms with Crippen molar-refractivity contribution in [3.05, 3.63) is 59.7 Å². The van der Waals surface area contributed by atoms with E-state index in [-0.39, 0.29) is 6.04 Å². The summed E-state index contributed by atoms with van der Waals surface area (Å²) in [5, 5.41) is 14.0. The van der Waals surface area contributed by atoms with Gasteiger partial charge in [0.25, 0.3) is 0 Å². The average Bonchev–Trinajstić information content (AvgIpc) is 3.15. The van der Waals surface area contributed by atoms with Gasteiger partial charge in [-0.2, -0.15) is 5.10 Å². The Kier molecular flexibility index (Phi) is 4.68. The average molecular weight is 350 g/mol. The van der Waals surface area contributed by atoms with E-state index >= 15 is 0 Å². The third-order valence-electron chi connectivity index (χ3n) is 4.58. The lowest BCUT2D eigenvalue weighted by Crippen LogP contribution is -2.20. The molecule has 134 valence electrons. The zero-order valence-corrected chi connectivity index (χ0v) is 14.7. The van der Waals surface area contributed by atoms with Gasteiger partial charge in [-0.3, -0.25) is 5.10 Å². The molecule has 0 amide bonds. The molecule has 2 aromatic heterocycles. The second-order valence-corrected chi connectivity index (χ2v) is 6.24. The third kappa shape index (κ3) is 3.46. The number of ether oxygens (including phenoxy) is 1. The van der Waals surface area contributed by atoms with E-state index in [4.69, 9.17) is 4.74 Å². The number of hydrogen-bond donors (Lipinski definition) is 3. The Morgan fingerprint density at radius 3 is 3.04 bits per heavy atom. The normalized spacial score (nSPS) is 15.8. The van der Waals surface area contributed by atoms with Crippen molar-refractivity contribution in [3.63, 3.8) is 0 Å². The lowest BCUT2D eigenvalue weighted by molar-refractivity contribution is 0.274. The van der Waals surface area contributed by atoms with Crippen LogP contribution < -0.4 is 15.4 Å². The summed E-state index contributed by atoms with van der Waals surface area (Å²) in [6.45, 7) is 3.47. The number of hydrogen-bond acceptors (Lipinski definition) is 6. The summed E-state index contributed by atoms with van der Waals surface area (Å²) < 4.78 is 5.72. The van der Waals surface area contributed by atoms with Crippen LogP contribution in [0.1, 0.15) is 36.2 Å². The number of nitrogens with one attached hydrogen (secondary N) is 3. The molecular weight excluding hydrogens is 328 g/mol. The summed E-state index contributed by atoms with van der Waals surface area (Å²) in [4.78, 5) is 8.67. The van der Waals surface area contributed by atoms with Crippen LogP contribution in [0.4, 0.5) is 11.6 Å². The topological polar surface area (TPSA) is 87.8 Å². The van der Waals surface area contributed by atoms with Crippen molar-refractivity contribution < 1.29 is 4.74 Å². The fraction of sp³-hybridized carbons (Fsp3) is 0.316. The van der Waals surface area contributed by atoms with Gasteiger partial charge in [0.1, 0.15) is 23.7 Å². The van der Waals surface area contributed by atoms with E-state index in [9.17, 15) is 0 Å². The lowest BCUT2D eigenvalue weighted by atomic mass is 10.0. The Morgan fingerprint density at radius 1 is 1.23 bits per heavy atom. The molecule has 0 radical (unpaired) electrons. The highest BCUT2D eigenvalue weighted by Crippen LogP contribution is 2.33. The fourth-order valence-electron chi connectivity index (χ4n) is 3.18. The van der Waals surface area contributed by atoms with E-state index in [1.807, 2.05) is 30.5 Å². The summed E-state index contributed by atoms with van der Waals surface area (Å²) in [5.41, 5.74) is 3.46. The predicted molar refractivity (Wildman–Crippen MR) is 100 cm³/mol. The van der Waals surface area contributed by atoms with Gasteiger partial charge in [0.05, 0.1) is 31.1 Å². The van der Waals surface area contributed by atoms with Crippen LogP contribution in [0.25, 0.3) is 0 Å². The Labute approximate surface area is 152 Å². The minimum Gasteiger partial charge on any atom is -0.493 e. The molecule has 3 heterocycles. The number of benzene rings is 1. The van der Waals surface area contributed by atoms with Crippen molar-refractivity contribution in [1.82, 2.24) is 20.2 Å². The number of aryl methyl sites for hydroxylation is 1. The SMILES string of the molecule is CCc1cn[nH]c1CNc1cc(NC2CCOc3ccccc32)ncn1. The van der Waals surface area contributed by atoms with Crippen LogP contribution in [-0.4, -0.2) is 26.8 Å². The summed E-state index contributed by atoms with van der Waals surface area (Å²) >= 11 is 0. The number of para-hydroxylation sites is 1. The number of rotatable bonds is 6. The molecule has 0 saturated carbocycles. The van der Waals surface area contributed by atoms with Gasteiger partial charge in [-0.15, -0.1) is 0 Å². The highest BCUT2D eigenvalue weighted by Gasteiger charge is 2.21. The van der Waals surface area contributed by atoms with Crippen LogP contribution in [0.15, 0.2) is 42.9 Å². The minimum atomic E-state index is 0.182. The van der Waals surface area contributed by atoms with Gasteiger partial charge in [-0.25, -0.2) is 9.97 Å². The molecule has 1 aromatic carbocycles. The highest BCUT2D eigenvalue weighted by atomic mass is 16.5. The molecule has 7 nitrogen and oxygen atoms in total. The molecule has 0 saturated heterocycles. The van der Waals surface area contributed by atoms with Gasteiger partial charge in [0, 0.05) is 18.1 Å². The molecule has 7 heteroatoms. The number of aromatic amines is 1. The maximum atomic E-state index is 5.72. The second kappa shape index (κ2) is 7.43. The van der Waals surface area contributed by atoms with Crippen molar-refractivity contribution in [3.8, 4) is 5.75 Å². The molecule has 26 heavy (non-hydrogen) atoms. The standard InChI is InChI=1S/C19H22N6O/c1-2-13-10-23-25-16(13)11-20-18-9-19(22-12-21-18)24-15-7-8-26-17-6-4-3-5-14(15)17/h3-6,9-10,12,15H,2,7-8,11H2,1H3,(H,23,25)(H2,20,21,22,24). The van der Waals surface area contributed by atoms with E-state index < -0.39 is 0 Å². The first kappa shape index (κ1) is 16.4. The summed E-state index contributed by atoms with van der Waals surface area (Å²) in [6.07, 6.45) is 5.29. The minimum absolute atomic E-state index is 0.182. The van der Waals surface area contributed by atoms with Crippen LogP contribution in [0.3, 0.4) is 0 Å². The molecule has 3 aromatic rings. The molecule has 0 aliphatic carbocycles. The summed E-state index contributed by atoms with van der Waals surface area (Å²) in [5.74, 6) is 2.51. The fourth-order valence-corrected chi connectivity index (χ4v) is 3.18. The van der Waals surface area contributed by atoms with E-state index in [2.05, 4.69) is 43.8 Å². The van der Waals surface area contributed by atoms with Crippen molar-refractivity contribution in [2.24, 2.45) is 0 Å². The number of nitrogens with zero attached hydrogens (tertiary/aromatic N) is 3. The van der Waals surface area contributed by atoms with Crippen molar-refractivity contribution in [2.45, 2.75) is 32.4 Å². The highest BCUT2D eigenvalue weighted by molar-refractivity contribution is 5.50. The summed E-state index contributed by atoms with van der Waals surface area (Å²) in [6, 6.07) is 10.2. The smallest absolute Gasteiger partial charge is 0.131 e. The molecule has 3 N–H and O–H groups in total. The molecule has 4 rings (SSSR count). The van der Waals surface area contributed by atoms with Gasteiger partial charge in [0.15, 0.2) is 0 Å². The lowest BCUT2D eigenvalue weighted by Gasteiger charge is -2.27. The van der Waals surface area contributed by atoms with Crippen LogP contribution in [-0.2, 0) is 13.0 Å². The van der Waals surface area contributed by atoms with E-state index in [0.717, 1.165) is 41.5 Å². The van der Waals surface area contributed by atoms with Crippen LogP contribution in [0, 0.1) is 0 Å². The van der Waals surface area contributed by atoms with Gasteiger partial charge in [-0.1, -0.05) is 25.1 Å². The third-order valence-corrected chi connectivity index (χ3v) is 4.58. The Hall–Kier alpha value is -3.09. The van der Waals surface area contributed by atoms with Gasteiger partial charge < -0.3 is 15.4 Å². The van der Waals surface area contributed by atoms with Crippen LogP contribution >= 0.6 is 0 Å². The molecular formula is C19H22N6O. The van der Waals surface area contributed by atoms with Crippen molar-refractivity contribution >= 4 is 11.6 Å². The largest absolute Gasteiger partial charge is 0.493 e. The van der Waals surface area contributed by atoms with Crippen LogP contribution in [0.5, 0.6) is 5.75 Å². The Balaban J connectivity index is 1.45.